The minimum absolute atomic E-state index is 0.489. The highest BCUT2D eigenvalue weighted by molar-refractivity contribution is 5.82. The molecule has 0 spiro atoms. The number of carbonyl (C=O) groups excluding carboxylic acids is 1. The van der Waals surface area contributed by atoms with E-state index in [1.807, 2.05) is 0 Å². The number of Topliss-reactive ketones (excluding diaryl/α,β-unsaturated/α-hetero) is 1. The zero-order valence-corrected chi connectivity index (χ0v) is 18.7. The standard InChI is InChI=1S/C27H42O/c1-5-19(17(2)3)7-6-18(4)22-12-13-27-24(22)14-15-25-23-11-9-21(28)16-20(23)8-10-26(25)27/h6-8,17-19,22-27H,5,9-16H2,1-4H3. The summed E-state index contributed by atoms with van der Waals surface area (Å²) in [5, 5.41) is 0. The Balaban J connectivity index is 1.43. The van der Waals surface area contributed by atoms with Crippen molar-refractivity contribution in [2.24, 2.45) is 53.3 Å². The molecule has 0 N–H and O–H groups in total. The summed E-state index contributed by atoms with van der Waals surface area (Å²) in [5.41, 5.74) is 1.53. The molecule has 4 aliphatic rings. The largest absolute Gasteiger partial charge is 0.299 e. The van der Waals surface area contributed by atoms with Gasteiger partial charge < -0.3 is 0 Å². The number of fused-ring (bicyclic) bond motifs is 5. The molecular formula is C27H42O. The number of rotatable bonds is 5. The molecule has 156 valence electrons. The maximum Gasteiger partial charge on any atom is 0.136 e. The Morgan fingerprint density at radius 1 is 0.964 bits per heavy atom. The number of hydrogen-bond acceptors (Lipinski definition) is 1. The smallest absolute Gasteiger partial charge is 0.136 e. The van der Waals surface area contributed by atoms with Crippen molar-refractivity contribution in [1.82, 2.24) is 0 Å². The number of allylic oxidation sites excluding steroid dienone is 4. The van der Waals surface area contributed by atoms with Crippen LogP contribution in [0.5, 0.6) is 0 Å². The van der Waals surface area contributed by atoms with Crippen LogP contribution in [0, 0.1) is 53.3 Å². The fourth-order valence-corrected chi connectivity index (χ4v) is 7.75. The van der Waals surface area contributed by atoms with Crippen molar-refractivity contribution in [1.29, 1.82) is 0 Å². The monoisotopic (exact) mass is 382 g/mol. The Morgan fingerprint density at radius 2 is 1.71 bits per heavy atom. The van der Waals surface area contributed by atoms with Gasteiger partial charge in [-0.2, -0.15) is 0 Å². The summed E-state index contributed by atoms with van der Waals surface area (Å²) in [5.74, 6) is 8.12. The second-order valence-electron chi connectivity index (χ2n) is 10.9. The molecule has 0 aromatic heterocycles. The summed E-state index contributed by atoms with van der Waals surface area (Å²) in [4.78, 5) is 11.9. The van der Waals surface area contributed by atoms with Crippen LogP contribution in [0.2, 0.25) is 0 Å². The molecule has 1 nitrogen and oxygen atoms in total. The van der Waals surface area contributed by atoms with E-state index >= 15 is 0 Å². The first kappa shape index (κ1) is 20.4. The molecule has 0 bridgehead atoms. The minimum atomic E-state index is 0.489. The lowest BCUT2D eigenvalue weighted by atomic mass is 9.56. The van der Waals surface area contributed by atoms with Crippen LogP contribution in [0.25, 0.3) is 0 Å². The Morgan fingerprint density at radius 3 is 2.46 bits per heavy atom. The molecule has 8 unspecified atom stereocenters. The Kier molecular flexibility index (Phi) is 6.19. The van der Waals surface area contributed by atoms with Crippen molar-refractivity contribution in [3.63, 3.8) is 0 Å². The molecule has 0 amide bonds. The van der Waals surface area contributed by atoms with Crippen molar-refractivity contribution in [3.05, 3.63) is 23.8 Å². The van der Waals surface area contributed by atoms with E-state index in [2.05, 4.69) is 45.9 Å². The predicted molar refractivity (Wildman–Crippen MR) is 118 cm³/mol. The molecule has 1 heteroatoms. The first-order chi connectivity index (χ1) is 13.5. The minimum Gasteiger partial charge on any atom is -0.299 e. The molecule has 28 heavy (non-hydrogen) atoms. The van der Waals surface area contributed by atoms with Crippen LogP contribution in [0.1, 0.15) is 85.5 Å². The van der Waals surface area contributed by atoms with E-state index in [1.54, 1.807) is 0 Å². The molecule has 0 saturated heterocycles. The highest BCUT2D eigenvalue weighted by atomic mass is 16.1. The van der Waals surface area contributed by atoms with Crippen LogP contribution in [0.4, 0.5) is 0 Å². The molecule has 4 aliphatic carbocycles. The number of carbonyl (C=O) groups is 1. The van der Waals surface area contributed by atoms with Gasteiger partial charge in [-0.1, -0.05) is 51.5 Å². The van der Waals surface area contributed by atoms with E-state index in [0.717, 1.165) is 72.5 Å². The second kappa shape index (κ2) is 8.49. The SMILES string of the molecule is CCC(C=CC(C)C1CCC2C1CCC1C3CCC(=O)CC3=CCC12)C(C)C. The van der Waals surface area contributed by atoms with Crippen molar-refractivity contribution < 1.29 is 4.79 Å². The maximum absolute atomic E-state index is 11.9. The lowest BCUT2D eigenvalue weighted by Crippen LogP contribution is -2.41. The van der Waals surface area contributed by atoms with Crippen LogP contribution >= 0.6 is 0 Å². The molecule has 4 rings (SSSR count). The zero-order valence-electron chi connectivity index (χ0n) is 18.7. The third-order valence-electron chi connectivity index (χ3n) is 9.31. The highest BCUT2D eigenvalue weighted by Gasteiger charge is 2.50. The van der Waals surface area contributed by atoms with Gasteiger partial charge in [-0.15, -0.1) is 0 Å². The zero-order chi connectivity index (χ0) is 19.8. The van der Waals surface area contributed by atoms with Gasteiger partial charge in [-0.05, 0) is 98.2 Å². The van der Waals surface area contributed by atoms with Gasteiger partial charge in [0.2, 0.25) is 0 Å². The third-order valence-corrected chi connectivity index (χ3v) is 9.31. The predicted octanol–water partition coefficient (Wildman–Crippen LogP) is 7.23. The quantitative estimate of drug-likeness (QED) is 0.458. The van der Waals surface area contributed by atoms with Crippen LogP contribution in [-0.2, 0) is 4.79 Å². The van der Waals surface area contributed by atoms with Crippen molar-refractivity contribution in [3.8, 4) is 0 Å². The molecule has 0 aliphatic heterocycles. The summed E-state index contributed by atoms with van der Waals surface area (Å²) in [6, 6.07) is 0. The average Bonchev–Trinajstić information content (AvgIpc) is 3.12. The summed E-state index contributed by atoms with van der Waals surface area (Å²) < 4.78 is 0. The van der Waals surface area contributed by atoms with E-state index in [4.69, 9.17) is 0 Å². The first-order valence-electron chi connectivity index (χ1n) is 12.4. The van der Waals surface area contributed by atoms with Crippen LogP contribution < -0.4 is 0 Å². The van der Waals surface area contributed by atoms with Crippen molar-refractivity contribution >= 4 is 5.78 Å². The summed E-state index contributed by atoms with van der Waals surface area (Å²) in [7, 11) is 0. The lowest BCUT2D eigenvalue weighted by Gasteiger charge is -2.49. The molecule has 3 saturated carbocycles. The van der Waals surface area contributed by atoms with Gasteiger partial charge in [0, 0.05) is 12.8 Å². The number of hydrogen-bond donors (Lipinski definition) is 0. The summed E-state index contributed by atoms with van der Waals surface area (Å²) in [6.45, 7) is 9.55. The van der Waals surface area contributed by atoms with Crippen LogP contribution in [-0.4, -0.2) is 5.78 Å². The third kappa shape index (κ3) is 3.80. The number of ketones is 1. The molecule has 0 aromatic carbocycles. The van der Waals surface area contributed by atoms with E-state index in [0.29, 0.717) is 5.78 Å². The normalized spacial score (nSPS) is 40.0. The molecule has 0 heterocycles. The van der Waals surface area contributed by atoms with Crippen molar-refractivity contribution in [2.45, 2.75) is 85.5 Å². The van der Waals surface area contributed by atoms with E-state index in [1.165, 1.54) is 44.1 Å². The summed E-state index contributed by atoms with van der Waals surface area (Å²) in [6.07, 6.45) is 18.7. The van der Waals surface area contributed by atoms with Gasteiger partial charge in [0.05, 0.1) is 0 Å². The average molecular weight is 383 g/mol. The molecule has 0 radical (unpaired) electrons. The summed E-state index contributed by atoms with van der Waals surface area (Å²) >= 11 is 0. The van der Waals surface area contributed by atoms with Crippen LogP contribution in [0.15, 0.2) is 23.8 Å². The fraction of sp³-hybridized carbons (Fsp3) is 0.815. The molecule has 0 aromatic rings. The van der Waals surface area contributed by atoms with Gasteiger partial charge in [-0.25, -0.2) is 0 Å². The second-order valence-corrected chi connectivity index (χ2v) is 10.9. The fourth-order valence-electron chi connectivity index (χ4n) is 7.75. The Hall–Kier alpha value is -0.850. The Labute approximate surface area is 173 Å². The molecular weight excluding hydrogens is 340 g/mol. The maximum atomic E-state index is 11.9. The highest BCUT2D eigenvalue weighted by Crippen LogP contribution is 2.58. The van der Waals surface area contributed by atoms with E-state index in [-0.39, 0.29) is 0 Å². The van der Waals surface area contributed by atoms with Gasteiger partial charge in [-0.3, -0.25) is 4.79 Å². The van der Waals surface area contributed by atoms with Gasteiger partial charge >= 0.3 is 0 Å². The molecule has 8 atom stereocenters. The van der Waals surface area contributed by atoms with Gasteiger partial charge in [0.15, 0.2) is 0 Å². The van der Waals surface area contributed by atoms with Crippen molar-refractivity contribution in [2.75, 3.05) is 0 Å². The lowest BCUT2D eigenvalue weighted by molar-refractivity contribution is -0.120. The van der Waals surface area contributed by atoms with Crippen LogP contribution in [0.3, 0.4) is 0 Å². The Bertz CT molecular complexity index is 626. The topological polar surface area (TPSA) is 17.1 Å². The van der Waals surface area contributed by atoms with E-state index < -0.39 is 0 Å². The van der Waals surface area contributed by atoms with Gasteiger partial charge in [0.25, 0.3) is 0 Å². The van der Waals surface area contributed by atoms with E-state index in [9.17, 15) is 4.79 Å². The molecule has 3 fully saturated rings. The van der Waals surface area contributed by atoms with Gasteiger partial charge in [0.1, 0.15) is 5.78 Å². The first-order valence-corrected chi connectivity index (χ1v) is 12.4.